The Bertz CT molecular complexity index is 515. The van der Waals surface area contributed by atoms with E-state index < -0.39 is 16.4 Å². The van der Waals surface area contributed by atoms with Crippen LogP contribution in [-0.4, -0.2) is 21.5 Å². The Morgan fingerprint density at radius 3 is 2.50 bits per heavy atom. The summed E-state index contributed by atoms with van der Waals surface area (Å²) in [5, 5.41) is 23.5. The molecule has 0 unspecified atom stereocenters. The van der Waals surface area contributed by atoms with E-state index in [1.807, 2.05) is 0 Å². The number of hydrogen-bond acceptors (Lipinski definition) is 4. The Kier molecular flexibility index (Phi) is 5.47. The second-order valence-electron chi connectivity index (χ2n) is 4.48. The van der Waals surface area contributed by atoms with Crippen molar-refractivity contribution in [1.82, 2.24) is 5.32 Å². The SMILES string of the molecule is CCC(CC)(NCc1cc(Cl)ccc1[N+](=O)[O-])C(=O)O. The molecule has 0 heterocycles. The Balaban J connectivity index is 3.01. The van der Waals surface area contributed by atoms with Crippen LogP contribution in [0.15, 0.2) is 18.2 Å². The second kappa shape index (κ2) is 6.67. The lowest BCUT2D eigenvalue weighted by atomic mass is 9.92. The monoisotopic (exact) mass is 300 g/mol. The fourth-order valence-corrected chi connectivity index (χ4v) is 2.21. The summed E-state index contributed by atoms with van der Waals surface area (Å²) in [5.41, 5.74) is -0.792. The predicted octanol–water partition coefficient (Wildman–Crippen LogP) is 2.98. The molecular formula is C13H17ClN2O4. The van der Waals surface area contributed by atoms with Gasteiger partial charge < -0.3 is 5.11 Å². The molecule has 0 fully saturated rings. The van der Waals surface area contributed by atoms with E-state index in [0.717, 1.165) is 0 Å². The molecule has 0 amide bonds. The van der Waals surface area contributed by atoms with E-state index in [9.17, 15) is 20.0 Å². The average molecular weight is 301 g/mol. The average Bonchev–Trinajstić information content (AvgIpc) is 2.39. The lowest BCUT2D eigenvalue weighted by Gasteiger charge is -2.28. The van der Waals surface area contributed by atoms with Crippen LogP contribution in [0.4, 0.5) is 5.69 Å². The summed E-state index contributed by atoms with van der Waals surface area (Å²) < 4.78 is 0. The molecule has 0 radical (unpaired) electrons. The number of carboxylic acids is 1. The highest BCUT2D eigenvalue weighted by Gasteiger charge is 2.34. The lowest BCUT2D eigenvalue weighted by Crippen LogP contribution is -2.50. The van der Waals surface area contributed by atoms with Crippen LogP contribution in [0, 0.1) is 10.1 Å². The second-order valence-corrected chi connectivity index (χ2v) is 4.91. The third-order valence-electron chi connectivity index (χ3n) is 3.47. The quantitative estimate of drug-likeness (QED) is 0.596. The molecule has 20 heavy (non-hydrogen) atoms. The highest BCUT2D eigenvalue weighted by molar-refractivity contribution is 6.30. The van der Waals surface area contributed by atoms with Crippen molar-refractivity contribution in [3.8, 4) is 0 Å². The molecule has 1 aromatic carbocycles. The van der Waals surface area contributed by atoms with E-state index in [4.69, 9.17) is 11.6 Å². The van der Waals surface area contributed by atoms with Gasteiger partial charge in [-0.1, -0.05) is 25.4 Å². The van der Waals surface area contributed by atoms with Crippen molar-refractivity contribution in [2.75, 3.05) is 0 Å². The number of hydrogen-bond donors (Lipinski definition) is 2. The van der Waals surface area contributed by atoms with Crippen molar-refractivity contribution >= 4 is 23.3 Å². The van der Waals surface area contributed by atoms with Crippen LogP contribution in [0.1, 0.15) is 32.3 Å². The summed E-state index contributed by atoms with van der Waals surface area (Å²) in [5.74, 6) is -0.966. The molecule has 0 aromatic heterocycles. The Labute approximate surface area is 121 Å². The summed E-state index contributed by atoms with van der Waals surface area (Å²) in [4.78, 5) is 21.8. The van der Waals surface area contributed by atoms with E-state index in [0.29, 0.717) is 23.4 Å². The summed E-state index contributed by atoms with van der Waals surface area (Å²) >= 11 is 5.84. The van der Waals surface area contributed by atoms with Crippen molar-refractivity contribution in [2.45, 2.75) is 38.8 Å². The van der Waals surface area contributed by atoms with Crippen molar-refractivity contribution in [2.24, 2.45) is 0 Å². The van der Waals surface area contributed by atoms with Crippen LogP contribution in [0.25, 0.3) is 0 Å². The molecule has 0 aliphatic rings. The summed E-state index contributed by atoms with van der Waals surface area (Å²) in [6, 6.07) is 4.23. The van der Waals surface area contributed by atoms with Crippen LogP contribution in [0.5, 0.6) is 0 Å². The summed E-state index contributed by atoms with van der Waals surface area (Å²) in [6.45, 7) is 3.60. The van der Waals surface area contributed by atoms with Crippen molar-refractivity contribution in [3.63, 3.8) is 0 Å². The standard InChI is InChI=1S/C13H17ClN2O4/c1-3-13(4-2,12(17)18)15-8-9-7-10(14)5-6-11(9)16(19)20/h5-7,15H,3-4,8H2,1-2H3,(H,17,18). The number of aliphatic carboxylic acids is 1. The number of benzene rings is 1. The molecule has 7 heteroatoms. The Morgan fingerprint density at radius 1 is 1.45 bits per heavy atom. The Hall–Kier alpha value is -1.66. The minimum Gasteiger partial charge on any atom is -0.480 e. The highest BCUT2D eigenvalue weighted by atomic mass is 35.5. The molecular weight excluding hydrogens is 284 g/mol. The van der Waals surface area contributed by atoms with Crippen LogP contribution in [0.2, 0.25) is 5.02 Å². The molecule has 0 aliphatic heterocycles. The molecule has 2 N–H and O–H groups in total. The molecule has 1 rings (SSSR count). The molecule has 110 valence electrons. The largest absolute Gasteiger partial charge is 0.480 e. The van der Waals surface area contributed by atoms with Crippen molar-refractivity contribution < 1.29 is 14.8 Å². The number of nitro groups is 1. The first-order chi connectivity index (χ1) is 9.36. The maximum atomic E-state index is 11.4. The zero-order chi connectivity index (χ0) is 15.3. The predicted molar refractivity (Wildman–Crippen MR) is 75.9 cm³/mol. The van der Waals surface area contributed by atoms with Crippen LogP contribution < -0.4 is 5.32 Å². The van der Waals surface area contributed by atoms with Gasteiger partial charge in [0, 0.05) is 23.2 Å². The maximum Gasteiger partial charge on any atom is 0.323 e. The molecule has 1 aromatic rings. The minimum atomic E-state index is -1.09. The van der Waals surface area contributed by atoms with E-state index in [1.54, 1.807) is 13.8 Å². The molecule has 0 aliphatic carbocycles. The number of carboxylic acid groups (broad SMARTS) is 1. The van der Waals surface area contributed by atoms with E-state index >= 15 is 0 Å². The van der Waals surface area contributed by atoms with Crippen LogP contribution in [0.3, 0.4) is 0 Å². The zero-order valence-corrected chi connectivity index (χ0v) is 12.1. The molecule has 0 bridgehead atoms. The highest BCUT2D eigenvalue weighted by Crippen LogP contribution is 2.24. The van der Waals surface area contributed by atoms with Crippen molar-refractivity contribution in [1.29, 1.82) is 0 Å². The van der Waals surface area contributed by atoms with Gasteiger partial charge in [-0.25, -0.2) is 0 Å². The number of halogens is 1. The number of nitro benzene ring substituents is 1. The zero-order valence-electron chi connectivity index (χ0n) is 11.4. The molecule has 0 saturated carbocycles. The normalized spacial score (nSPS) is 11.3. The smallest absolute Gasteiger partial charge is 0.323 e. The molecule has 0 saturated heterocycles. The third-order valence-corrected chi connectivity index (χ3v) is 3.71. The lowest BCUT2D eigenvalue weighted by molar-refractivity contribution is -0.385. The Morgan fingerprint density at radius 2 is 2.05 bits per heavy atom. The van der Waals surface area contributed by atoms with E-state index in [1.165, 1.54) is 18.2 Å². The van der Waals surface area contributed by atoms with Gasteiger partial charge >= 0.3 is 5.97 Å². The molecule has 0 spiro atoms. The number of nitrogens with zero attached hydrogens (tertiary/aromatic N) is 1. The van der Waals surface area contributed by atoms with Gasteiger partial charge in [0.05, 0.1) is 4.92 Å². The van der Waals surface area contributed by atoms with Gasteiger partial charge in [-0.05, 0) is 25.0 Å². The first-order valence-electron chi connectivity index (χ1n) is 6.27. The van der Waals surface area contributed by atoms with Crippen LogP contribution >= 0.6 is 11.6 Å². The van der Waals surface area contributed by atoms with Gasteiger partial charge in [-0.3, -0.25) is 20.2 Å². The first kappa shape index (κ1) is 16.4. The first-order valence-corrected chi connectivity index (χ1v) is 6.65. The number of carbonyl (C=O) groups is 1. The van der Waals surface area contributed by atoms with Gasteiger partial charge in [-0.15, -0.1) is 0 Å². The number of rotatable bonds is 7. The number of nitrogens with one attached hydrogen (secondary N) is 1. The topological polar surface area (TPSA) is 92.5 Å². The molecule has 0 atom stereocenters. The van der Waals surface area contributed by atoms with Crippen molar-refractivity contribution in [3.05, 3.63) is 38.9 Å². The van der Waals surface area contributed by atoms with Gasteiger partial charge in [0.25, 0.3) is 5.69 Å². The maximum absolute atomic E-state index is 11.4. The minimum absolute atomic E-state index is 0.0743. The summed E-state index contributed by atoms with van der Waals surface area (Å²) in [6.07, 6.45) is 0.764. The molecule has 6 nitrogen and oxygen atoms in total. The van der Waals surface area contributed by atoms with E-state index in [2.05, 4.69) is 5.32 Å². The van der Waals surface area contributed by atoms with E-state index in [-0.39, 0.29) is 12.2 Å². The summed E-state index contributed by atoms with van der Waals surface area (Å²) in [7, 11) is 0. The van der Waals surface area contributed by atoms with Crippen LogP contribution in [-0.2, 0) is 11.3 Å². The fourth-order valence-electron chi connectivity index (χ4n) is 2.02. The van der Waals surface area contributed by atoms with Gasteiger partial charge in [0.2, 0.25) is 0 Å². The fraction of sp³-hybridized carbons (Fsp3) is 0.462. The van der Waals surface area contributed by atoms with Gasteiger partial charge in [-0.2, -0.15) is 0 Å². The van der Waals surface area contributed by atoms with Gasteiger partial charge in [0.15, 0.2) is 0 Å². The third kappa shape index (κ3) is 3.46. The van der Waals surface area contributed by atoms with Gasteiger partial charge in [0.1, 0.15) is 5.54 Å².